The zero-order chi connectivity index (χ0) is 11.0. The van der Waals surface area contributed by atoms with Crippen LogP contribution >= 0.6 is 0 Å². The Kier molecular flexibility index (Phi) is 2.40. The number of phenols is 1. The Labute approximate surface area is 89.1 Å². The Morgan fingerprint density at radius 3 is 2.73 bits per heavy atom. The van der Waals surface area contributed by atoms with E-state index in [1.54, 1.807) is 12.1 Å². The van der Waals surface area contributed by atoms with Crippen LogP contribution in [-0.2, 0) is 13.1 Å². The highest BCUT2D eigenvalue weighted by molar-refractivity contribution is 5.86. The van der Waals surface area contributed by atoms with Crippen LogP contribution in [0, 0.1) is 6.92 Å². The second-order valence-corrected chi connectivity index (χ2v) is 3.71. The van der Waals surface area contributed by atoms with E-state index in [0.29, 0.717) is 12.3 Å². The van der Waals surface area contributed by atoms with E-state index in [0.717, 1.165) is 23.0 Å². The smallest absolute Gasteiger partial charge is 0.116 e. The molecule has 0 unspecified atom stereocenters. The van der Waals surface area contributed by atoms with Crippen molar-refractivity contribution in [2.75, 3.05) is 0 Å². The number of hydrogen-bond donors (Lipinski definition) is 2. The van der Waals surface area contributed by atoms with Gasteiger partial charge in [0.05, 0.1) is 0 Å². The summed E-state index contributed by atoms with van der Waals surface area (Å²) in [6, 6.07) is 5.45. The molecule has 1 aromatic heterocycles. The summed E-state index contributed by atoms with van der Waals surface area (Å²) in [6.07, 6.45) is 0. The van der Waals surface area contributed by atoms with Crippen molar-refractivity contribution in [3.8, 4) is 5.75 Å². The fraction of sp³-hybridized carbons (Fsp3) is 0.333. The summed E-state index contributed by atoms with van der Waals surface area (Å²) < 4.78 is 2.22. The van der Waals surface area contributed by atoms with Gasteiger partial charge in [-0.15, -0.1) is 0 Å². The molecule has 0 atom stereocenters. The first-order valence-electron chi connectivity index (χ1n) is 5.19. The number of fused-ring (bicyclic) bond motifs is 1. The zero-order valence-electron chi connectivity index (χ0n) is 9.12. The van der Waals surface area contributed by atoms with Crippen molar-refractivity contribution in [2.45, 2.75) is 26.9 Å². The SMILES string of the molecule is CCn1c(C)c(CN)c2cc(O)ccc21. The molecular formula is C12H16N2O. The largest absolute Gasteiger partial charge is 0.508 e. The van der Waals surface area contributed by atoms with Gasteiger partial charge in [-0.25, -0.2) is 0 Å². The Morgan fingerprint density at radius 2 is 2.13 bits per heavy atom. The third kappa shape index (κ3) is 1.39. The minimum absolute atomic E-state index is 0.297. The molecule has 0 fully saturated rings. The standard InChI is InChI=1S/C12H16N2O/c1-3-14-8(2)11(7-13)10-6-9(15)4-5-12(10)14/h4-6,15H,3,7,13H2,1-2H3. The Morgan fingerprint density at radius 1 is 1.40 bits per heavy atom. The molecule has 2 aromatic rings. The second-order valence-electron chi connectivity index (χ2n) is 3.71. The maximum Gasteiger partial charge on any atom is 0.116 e. The number of rotatable bonds is 2. The van der Waals surface area contributed by atoms with Crippen molar-refractivity contribution in [2.24, 2.45) is 5.73 Å². The van der Waals surface area contributed by atoms with Crippen molar-refractivity contribution in [1.82, 2.24) is 4.57 Å². The van der Waals surface area contributed by atoms with Crippen molar-refractivity contribution in [3.63, 3.8) is 0 Å². The van der Waals surface area contributed by atoms with E-state index >= 15 is 0 Å². The average molecular weight is 204 g/mol. The van der Waals surface area contributed by atoms with Gasteiger partial charge in [0.1, 0.15) is 5.75 Å². The quantitative estimate of drug-likeness (QED) is 0.787. The van der Waals surface area contributed by atoms with Crippen molar-refractivity contribution >= 4 is 10.9 Å². The van der Waals surface area contributed by atoms with Gasteiger partial charge in [-0.1, -0.05) is 0 Å². The monoisotopic (exact) mass is 204 g/mol. The molecule has 0 aliphatic heterocycles. The van der Waals surface area contributed by atoms with Crippen LogP contribution in [0.5, 0.6) is 5.75 Å². The number of benzene rings is 1. The van der Waals surface area contributed by atoms with Gasteiger partial charge in [-0.2, -0.15) is 0 Å². The highest BCUT2D eigenvalue weighted by Gasteiger charge is 2.11. The molecule has 1 heterocycles. The van der Waals surface area contributed by atoms with Gasteiger partial charge in [-0.3, -0.25) is 0 Å². The minimum atomic E-state index is 0.297. The van der Waals surface area contributed by atoms with Gasteiger partial charge in [0, 0.05) is 29.7 Å². The summed E-state index contributed by atoms with van der Waals surface area (Å²) in [6.45, 7) is 5.62. The van der Waals surface area contributed by atoms with E-state index in [-0.39, 0.29) is 0 Å². The van der Waals surface area contributed by atoms with Gasteiger partial charge in [0.2, 0.25) is 0 Å². The topological polar surface area (TPSA) is 51.2 Å². The summed E-state index contributed by atoms with van der Waals surface area (Å²) in [7, 11) is 0. The van der Waals surface area contributed by atoms with Gasteiger partial charge in [0.15, 0.2) is 0 Å². The summed E-state index contributed by atoms with van der Waals surface area (Å²) >= 11 is 0. The Hall–Kier alpha value is -1.48. The highest BCUT2D eigenvalue weighted by atomic mass is 16.3. The first-order valence-corrected chi connectivity index (χ1v) is 5.19. The van der Waals surface area contributed by atoms with Gasteiger partial charge in [-0.05, 0) is 37.6 Å². The lowest BCUT2D eigenvalue weighted by molar-refractivity contribution is 0.476. The molecule has 15 heavy (non-hydrogen) atoms. The maximum absolute atomic E-state index is 9.47. The van der Waals surface area contributed by atoms with Gasteiger partial charge >= 0.3 is 0 Å². The number of phenolic OH excluding ortho intramolecular Hbond substituents is 1. The zero-order valence-corrected chi connectivity index (χ0v) is 9.12. The molecule has 0 aliphatic rings. The summed E-state index contributed by atoms with van der Waals surface area (Å²) in [4.78, 5) is 0. The third-order valence-electron chi connectivity index (χ3n) is 2.96. The molecule has 0 radical (unpaired) electrons. The van der Waals surface area contributed by atoms with E-state index in [2.05, 4.69) is 18.4 Å². The molecule has 0 amide bonds. The lowest BCUT2D eigenvalue weighted by atomic mass is 10.1. The highest BCUT2D eigenvalue weighted by Crippen LogP contribution is 2.28. The lowest BCUT2D eigenvalue weighted by Crippen LogP contribution is -2.00. The summed E-state index contributed by atoms with van der Waals surface area (Å²) in [5.41, 5.74) is 9.21. The number of aromatic hydroxyl groups is 1. The number of nitrogens with two attached hydrogens (primary N) is 1. The van der Waals surface area contributed by atoms with E-state index < -0.39 is 0 Å². The number of hydrogen-bond acceptors (Lipinski definition) is 2. The van der Waals surface area contributed by atoms with Crippen LogP contribution in [0.1, 0.15) is 18.2 Å². The fourth-order valence-electron chi connectivity index (χ4n) is 2.20. The van der Waals surface area contributed by atoms with Crippen LogP contribution in [0.2, 0.25) is 0 Å². The first-order chi connectivity index (χ1) is 7.19. The van der Waals surface area contributed by atoms with E-state index in [1.165, 1.54) is 5.69 Å². The molecule has 3 nitrogen and oxygen atoms in total. The van der Waals surface area contributed by atoms with Gasteiger partial charge in [0.25, 0.3) is 0 Å². The molecular weight excluding hydrogens is 188 g/mol. The molecule has 0 bridgehead atoms. The Bertz CT molecular complexity index is 500. The van der Waals surface area contributed by atoms with E-state index in [4.69, 9.17) is 5.73 Å². The van der Waals surface area contributed by atoms with Crippen LogP contribution in [0.15, 0.2) is 18.2 Å². The number of nitrogens with zero attached hydrogens (tertiary/aromatic N) is 1. The Balaban J connectivity index is 2.85. The maximum atomic E-state index is 9.47. The predicted octanol–water partition coefficient (Wildman–Crippen LogP) is 2.13. The molecule has 0 spiro atoms. The van der Waals surface area contributed by atoms with Crippen LogP contribution in [0.25, 0.3) is 10.9 Å². The van der Waals surface area contributed by atoms with Crippen molar-refractivity contribution < 1.29 is 5.11 Å². The lowest BCUT2D eigenvalue weighted by Gasteiger charge is -2.03. The molecule has 3 heteroatoms. The molecule has 3 N–H and O–H groups in total. The first kappa shape index (κ1) is 10.1. The minimum Gasteiger partial charge on any atom is -0.508 e. The molecule has 1 aromatic carbocycles. The molecule has 80 valence electrons. The average Bonchev–Trinajstić information content (AvgIpc) is 2.48. The fourth-order valence-corrected chi connectivity index (χ4v) is 2.20. The molecule has 2 rings (SSSR count). The number of aromatic nitrogens is 1. The van der Waals surface area contributed by atoms with E-state index in [1.807, 2.05) is 6.07 Å². The molecule has 0 aliphatic carbocycles. The molecule has 0 saturated carbocycles. The third-order valence-corrected chi connectivity index (χ3v) is 2.96. The normalized spacial score (nSPS) is 11.1. The second kappa shape index (κ2) is 3.59. The molecule has 0 saturated heterocycles. The van der Waals surface area contributed by atoms with Crippen LogP contribution in [-0.4, -0.2) is 9.67 Å². The van der Waals surface area contributed by atoms with Crippen LogP contribution in [0.3, 0.4) is 0 Å². The van der Waals surface area contributed by atoms with Crippen molar-refractivity contribution in [1.29, 1.82) is 0 Å². The van der Waals surface area contributed by atoms with Crippen LogP contribution in [0.4, 0.5) is 0 Å². The number of aryl methyl sites for hydroxylation is 1. The predicted molar refractivity (Wildman–Crippen MR) is 61.9 cm³/mol. The van der Waals surface area contributed by atoms with Gasteiger partial charge < -0.3 is 15.4 Å². The van der Waals surface area contributed by atoms with E-state index in [9.17, 15) is 5.11 Å². The van der Waals surface area contributed by atoms with Crippen LogP contribution < -0.4 is 5.73 Å². The summed E-state index contributed by atoms with van der Waals surface area (Å²) in [5, 5.41) is 10.5. The van der Waals surface area contributed by atoms with Crippen molar-refractivity contribution in [3.05, 3.63) is 29.5 Å². The summed E-state index contributed by atoms with van der Waals surface area (Å²) in [5.74, 6) is 0.297.